The molecule has 3 aromatic carbocycles. The molecule has 0 saturated heterocycles. The molecule has 2 aliphatic heterocycles. The summed E-state index contributed by atoms with van der Waals surface area (Å²) in [6.07, 6.45) is 4.44. The van der Waals surface area contributed by atoms with Crippen LogP contribution in [-0.4, -0.2) is 58.5 Å². The Labute approximate surface area is 242 Å². The number of hydrogen-bond acceptors (Lipinski definition) is 5. The Morgan fingerprint density at radius 3 is 2.63 bits per heavy atom. The summed E-state index contributed by atoms with van der Waals surface area (Å²) in [6.45, 7) is 7.24. The first-order valence-electron chi connectivity index (χ1n) is 14.8. The minimum atomic E-state index is -0.757. The molecule has 0 bridgehead atoms. The van der Waals surface area contributed by atoms with Crippen molar-refractivity contribution >= 4 is 22.4 Å². The molecule has 0 fully saturated rings. The third-order valence-corrected chi connectivity index (χ3v) is 9.18. The van der Waals surface area contributed by atoms with Gasteiger partial charge in [-0.15, -0.1) is 0 Å². The predicted octanol–water partition coefficient (Wildman–Crippen LogP) is 6.10. The third kappa shape index (κ3) is 4.66. The number of nitrogens with zero attached hydrogens (tertiary/aromatic N) is 4. The molecule has 1 aromatic heterocycles. The zero-order chi connectivity index (χ0) is 28.7. The van der Waals surface area contributed by atoms with Crippen LogP contribution in [-0.2, 0) is 23.8 Å². The van der Waals surface area contributed by atoms with Crippen LogP contribution in [0.3, 0.4) is 0 Å². The molecule has 214 valence electrons. The summed E-state index contributed by atoms with van der Waals surface area (Å²) >= 11 is 0. The number of carboxylic acid groups (broad SMARTS) is 1. The zero-order valence-electron chi connectivity index (χ0n) is 24.5. The predicted molar refractivity (Wildman–Crippen MR) is 164 cm³/mol. The van der Waals surface area contributed by atoms with Crippen LogP contribution < -0.4 is 9.64 Å². The number of aryl methyl sites for hydroxylation is 1. The summed E-state index contributed by atoms with van der Waals surface area (Å²) in [5, 5.41) is 17.9. The number of aliphatic carboxylic acids is 1. The van der Waals surface area contributed by atoms with Gasteiger partial charge in [-0.25, -0.2) is 4.79 Å². The molecular weight excluding hydrogens is 512 g/mol. The number of fused-ring (bicyclic) bond motifs is 3. The lowest BCUT2D eigenvalue weighted by Gasteiger charge is -2.40. The smallest absolute Gasteiger partial charge is 0.327 e. The largest absolute Gasteiger partial charge is 0.493 e. The second kappa shape index (κ2) is 10.9. The van der Waals surface area contributed by atoms with Crippen molar-refractivity contribution in [2.24, 2.45) is 13.0 Å². The molecule has 1 N–H and O–H groups in total. The SMILES string of the molecule is CC(C)C1(CCCOc2cccc3ccccc23)c2cccc3c2N(CCCN(C)Cc2nn(C)cc2-3)C1C(=O)O. The van der Waals surface area contributed by atoms with E-state index >= 15 is 0 Å². The summed E-state index contributed by atoms with van der Waals surface area (Å²) in [7, 11) is 4.08. The average Bonchev–Trinajstić information content (AvgIpc) is 3.46. The molecule has 7 heteroatoms. The van der Waals surface area contributed by atoms with E-state index in [9.17, 15) is 9.90 Å². The Morgan fingerprint density at radius 2 is 1.83 bits per heavy atom. The Hall–Kier alpha value is -3.84. The molecule has 6 rings (SSSR count). The summed E-state index contributed by atoms with van der Waals surface area (Å²) in [6, 6.07) is 20.2. The maximum absolute atomic E-state index is 13.3. The van der Waals surface area contributed by atoms with Crippen LogP contribution in [0.5, 0.6) is 5.75 Å². The van der Waals surface area contributed by atoms with Gasteiger partial charge in [0.05, 0.1) is 12.3 Å². The molecule has 41 heavy (non-hydrogen) atoms. The molecule has 0 radical (unpaired) electrons. The molecule has 0 aliphatic carbocycles. The lowest BCUT2D eigenvalue weighted by molar-refractivity contribution is -0.141. The fraction of sp³-hybridized carbons (Fsp3) is 0.412. The highest BCUT2D eigenvalue weighted by Gasteiger charge is 2.56. The van der Waals surface area contributed by atoms with E-state index in [0.717, 1.165) is 76.9 Å². The topological polar surface area (TPSA) is 70.8 Å². The van der Waals surface area contributed by atoms with Crippen molar-refractivity contribution in [2.75, 3.05) is 31.6 Å². The number of aromatic nitrogens is 2. The van der Waals surface area contributed by atoms with Gasteiger partial charge in [0.1, 0.15) is 11.8 Å². The number of carboxylic acids is 1. The van der Waals surface area contributed by atoms with Crippen LogP contribution in [0.25, 0.3) is 21.9 Å². The number of anilines is 1. The van der Waals surface area contributed by atoms with Crippen molar-refractivity contribution in [3.63, 3.8) is 0 Å². The average molecular weight is 553 g/mol. The molecule has 2 atom stereocenters. The van der Waals surface area contributed by atoms with Gasteiger partial charge in [-0.2, -0.15) is 5.10 Å². The van der Waals surface area contributed by atoms with Crippen molar-refractivity contribution in [2.45, 2.75) is 51.1 Å². The second-order valence-corrected chi connectivity index (χ2v) is 12.0. The first kappa shape index (κ1) is 27.3. The lowest BCUT2D eigenvalue weighted by atomic mass is 9.65. The number of carbonyl (C=O) groups is 1. The molecule has 0 amide bonds. The first-order valence-corrected chi connectivity index (χ1v) is 14.8. The standard InChI is InChI=1S/C34H40N4O3/c1-23(2)34(17-9-20-41-30-16-7-12-24-11-5-6-13-25(24)30)28-15-8-14-26-27-21-37(4)35-29(27)22-36(3)18-10-19-38(31(26)28)32(34)33(39)40/h5-8,11-16,21,23,32H,9-10,17-20,22H2,1-4H3,(H,39,40). The van der Waals surface area contributed by atoms with Crippen LogP contribution >= 0.6 is 0 Å². The van der Waals surface area contributed by atoms with Gasteiger partial charge < -0.3 is 19.6 Å². The zero-order valence-corrected chi connectivity index (χ0v) is 24.5. The summed E-state index contributed by atoms with van der Waals surface area (Å²) in [5.74, 6) is 0.229. The normalized spacial score (nSPS) is 20.7. The molecule has 2 unspecified atom stereocenters. The fourth-order valence-corrected chi connectivity index (χ4v) is 7.37. The molecule has 2 aliphatic rings. The molecule has 7 nitrogen and oxygen atoms in total. The molecule has 4 aromatic rings. The summed E-state index contributed by atoms with van der Waals surface area (Å²) in [4.78, 5) is 17.7. The van der Waals surface area contributed by atoms with Crippen LogP contribution in [0.15, 0.2) is 66.9 Å². The van der Waals surface area contributed by atoms with Crippen LogP contribution in [0.4, 0.5) is 5.69 Å². The van der Waals surface area contributed by atoms with Gasteiger partial charge in [-0.05, 0) is 55.8 Å². The number of benzene rings is 3. The maximum Gasteiger partial charge on any atom is 0.327 e. The van der Waals surface area contributed by atoms with Crippen molar-refractivity contribution in [1.82, 2.24) is 14.7 Å². The molecule has 0 spiro atoms. The first-order chi connectivity index (χ1) is 19.8. The van der Waals surface area contributed by atoms with E-state index in [1.54, 1.807) is 0 Å². The van der Waals surface area contributed by atoms with Gasteiger partial charge in [0.15, 0.2) is 0 Å². The van der Waals surface area contributed by atoms with E-state index in [2.05, 4.69) is 73.3 Å². The van der Waals surface area contributed by atoms with Crippen molar-refractivity contribution in [1.29, 1.82) is 0 Å². The van der Waals surface area contributed by atoms with Gasteiger partial charge in [0.2, 0.25) is 0 Å². The number of para-hydroxylation sites is 1. The molecular formula is C34H40N4O3. The van der Waals surface area contributed by atoms with E-state index in [0.29, 0.717) is 13.2 Å². The molecule has 0 saturated carbocycles. The highest BCUT2D eigenvalue weighted by molar-refractivity contribution is 5.93. The van der Waals surface area contributed by atoms with Gasteiger partial charge in [0.25, 0.3) is 0 Å². The Balaban J connectivity index is 1.39. The minimum Gasteiger partial charge on any atom is -0.493 e. The quantitative estimate of drug-likeness (QED) is 0.279. The van der Waals surface area contributed by atoms with Crippen molar-refractivity contribution in [3.8, 4) is 16.9 Å². The van der Waals surface area contributed by atoms with E-state index in [-0.39, 0.29) is 5.92 Å². The van der Waals surface area contributed by atoms with E-state index in [1.165, 1.54) is 0 Å². The number of ether oxygens (including phenoxy) is 1. The van der Waals surface area contributed by atoms with Crippen LogP contribution in [0.2, 0.25) is 0 Å². The van der Waals surface area contributed by atoms with Crippen molar-refractivity contribution < 1.29 is 14.6 Å². The lowest BCUT2D eigenvalue weighted by Crippen LogP contribution is -2.53. The highest BCUT2D eigenvalue weighted by atomic mass is 16.5. The van der Waals surface area contributed by atoms with Gasteiger partial charge >= 0.3 is 5.97 Å². The number of rotatable bonds is 7. The maximum atomic E-state index is 13.3. The van der Waals surface area contributed by atoms with Crippen molar-refractivity contribution in [3.05, 3.63) is 78.1 Å². The van der Waals surface area contributed by atoms with Gasteiger partial charge in [-0.1, -0.05) is 68.4 Å². The Morgan fingerprint density at radius 1 is 1.05 bits per heavy atom. The van der Waals surface area contributed by atoms with Gasteiger partial charge in [-0.3, -0.25) is 4.68 Å². The van der Waals surface area contributed by atoms with Crippen LogP contribution in [0, 0.1) is 5.92 Å². The van der Waals surface area contributed by atoms with E-state index < -0.39 is 17.4 Å². The summed E-state index contributed by atoms with van der Waals surface area (Å²) in [5.41, 5.74) is 4.87. The summed E-state index contributed by atoms with van der Waals surface area (Å²) < 4.78 is 8.21. The van der Waals surface area contributed by atoms with E-state index in [4.69, 9.17) is 9.84 Å². The third-order valence-electron chi connectivity index (χ3n) is 9.18. The second-order valence-electron chi connectivity index (χ2n) is 12.0. The monoisotopic (exact) mass is 552 g/mol. The van der Waals surface area contributed by atoms with E-state index in [1.807, 2.05) is 36.0 Å². The van der Waals surface area contributed by atoms with Gasteiger partial charge in [0, 0.05) is 53.9 Å². The molecule has 3 heterocycles. The Kier molecular flexibility index (Phi) is 7.24. The Bertz CT molecular complexity index is 1570. The minimum absolute atomic E-state index is 0.112. The highest BCUT2D eigenvalue weighted by Crippen LogP contribution is 2.55. The fourth-order valence-electron chi connectivity index (χ4n) is 7.37. The number of hydrogen-bond donors (Lipinski definition) is 1. The van der Waals surface area contributed by atoms with Crippen LogP contribution in [0.1, 0.15) is 44.4 Å².